The predicted molar refractivity (Wildman–Crippen MR) is 143 cm³/mol. The number of aromatic nitrogens is 5. The van der Waals surface area contributed by atoms with Crippen molar-refractivity contribution in [1.29, 1.82) is 0 Å². The molecule has 1 atom stereocenters. The van der Waals surface area contributed by atoms with Crippen LogP contribution in [-0.2, 0) is 0 Å². The van der Waals surface area contributed by atoms with Gasteiger partial charge in [-0.1, -0.05) is 32.1 Å². The molecule has 1 unspecified atom stereocenters. The van der Waals surface area contributed by atoms with Gasteiger partial charge in [-0.15, -0.1) is 5.10 Å². The van der Waals surface area contributed by atoms with Crippen LogP contribution in [0.4, 0.5) is 0 Å². The van der Waals surface area contributed by atoms with Crippen molar-refractivity contribution in [1.82, 2.24) is 35.0 Å². The fourth-order valence-electron chi connectivity index (χ4n) is 6.76. The molecule has 1 aliphatic heterocycles. The van der Waals surface area contributed by atoms with Crippen molar-refractivity contribution >= 4 is 10.9 Å². The van der Waals surface area contributed by atoms with Gasteiger partial charge in [-0.05, 0) is 67.3 Å². The van der Waals surface area contributed by atoms with Gasteiger partial charge in [-0.3, -0.25) is 14.6 Å². The molecule has 0 amide bonds. The molecule has 1 N–H and O–H groups in total. The standard InChI is InChI=1S/C28H39N7O2/c1-2-37-23-12-13-25-20(18-23)19-24(28(36)29-25)26(27-30-31-32-35(27)22-10-6-7-11-22)34-16-14-33(15-17-34)21-8-4-3-5-9-21/h12-13,18-19,21-22,26H,2-11,14-17H2,1H3,(H,29,36). The number of pyridine rings is 1. The first-order valence-corrected chi connectivity index (χ1v) is 14.3. The SMILES string of the molecule is CCOc1ccc2[nH]c(=O)c(C(c3nnnn3C3CCCC3)N3CCN(C4CCCCC4)CC3)cc2c1. The molecule has 3 aliphatic rings. The van der Waals surface area contributed by atoms with Gasteiger partial charge < -0.3 is 9.72 Å². The van der Waals surface area contributed by atoms with Crippen LogP contribution < -0.4 is 10.3 Å². The third-order valence-electron chi connectivity index (χ3n) is 8.69. The molecule has 0 spiro atoms. The number of fused-ring (bicyclic) bond motifs is 1. The van der Waals surface area contributed by atoms with Crippen molar-refractivity contribution in [2.24, 2.45) is 0 Å². The molecule has 9 nitrogen and oxygen atoms in total. The summed E-state index contributed by atoms with van der Waals surface area (Å²) in [6.07, 6.45) is 11.3. The lowest BCUT2D eigenvalue weighted by Gasteiger charge is -2.43. The van der Waals surface area contributed by atoms with E-state index in [0.29, 0.717) is 24.3 Å². The van der Waals surface area contributed by atoms with Crippen LogP contribution in [0.5, 0.6) is 5.75 Å². The Morgan fingerprint density at radius 1 is 0.973 bits per heavy atom. The summed E-state index contributed by atoms with van der Waals surface area (Å²) in [5.74, 6) is 1.60. The normalized spacial score (nSPS) is 21.5. The molecular weight excluding hydrogens is 466 g/mol. The Morgan fingerprint density at radius 2 is 1.70 bits per heavy atom. The predicted octanol–water partition coefficient (Wildman–Crippen LogP) is 4.07. The summed E-state index contributed by atoms with van der Waals surface area (Å²) in [4.78, 5) is 21.8. The van der Waals surface area contributed by atoms with Gasteiger partial charge in [0.05, 0.1) is 12.6 Å². The summed E-state index contributed by atoms with van der Waals surface area (Å²) in [5, 5.41) is 14.1. The fourth-order valence-corrected chi connectivity index (χ4v) is 6.76. The van der Waals surface area contributed by atoms with E-state index in [1.54, 1.807) is 0 Å². The Hall–Kier alpha value is -2.78. The third-order valence-corrected chi connectivity index (χ3v) is 8.69. The van der Waals surface area contributed by atoms with Gasteiger partial charge >= 0.3 is 0 Å². The Balaban J connectivity index is 1.36. The molecule has 37 heavy (non-hydrogen) atoms. The number of hydrogen-bond acceptors (Lipinski definition) is 7. The number of benzene rings is 1. The summed E-state index contributed by atoms with van der Waals surface area (Å²) >= 11 is 0. The lowest BCUT2D eigenvalue weighted by Crippen LogP contribution is -2.52. The quantitative estimate of drug-likeness (QED) is 0.517. The highest BCUT2D eigenvalue weighted by molar-refractivity contribution is 5.80. The van der Waals surface area contributed by atoms with Crippen LogP contribution in [0, 0.1) is 0 Å². The molecule has 9 heteroatoms. The van der Waals surface area contributed by atoms with E-state index in [0.717, 1.165) is 61.5 Å². The van der Waals surface area contributed by atoms with Gasteiger partial charge in [-0.25, -0.2) is 4.68 Å². The zero-order valence-corrected chi connectivity index (χ0v) is 21.9. The third kappa shape index (κ3) is 5.03. The van der Waals surface area contributed by atoms with Gasteiger partial charge in [0.2, 0.25) is 0 Å². The Bertz CT molecular complexity index is 1250. The second kappa shape index (κ2) is 10.9. The molecule has 3 fully saturated rings. The maximum atomic E-state index is 13.6. The monoisotopic (exact) mass is 505 g/mol. The van der Waals surface area contributed by atoms with Crippen LogP contribution >= 0.6 is 0 Å². The minimum atomic E-state index is -0.284. The highest BCUT2D eigenvalue weighted by Crippen LogP contribution is 2.35. The largest absolute Gasteiger partial charge is 0.494 e. The van der Waals surface area contributed by atoms with Crippen molar-refractivity contribution in [3.63, 3.8) is 0 Å². The Labute approximate surface area is 218 Å². The number of hydrogen-bond donors (Lipinski definition) is 1. The molecule has 2 aromatic heterocycles. The summed E-state index contributed by atoms with van der Waals surface area (Å²) in [6.45, 7) is 6.42. The summed E-state index contributed by atoms with van der Waals surface area (Å²) < 4.78 is 7.76. The van der Waals surface area contributed by atoms with E-state index in [-0.39, 0.29) is 11.6 Å². The number of tetrazole rings is 1. The van der Waals surface area contributed by atoms with E-state index < -0.39 is 0 Å². The molecule has 0 radical (unpaired) electrons. The first-order chi connectivity index (χ1) is 18.2. The number of ether oxygens (including phenoxy) is 1. The molecule has 6 rings (SSSR count). The van der Waals surface area contributed by atoms with Crippen molar-refractivity contribution in [3.05, 3.63) is 46.0 Å². The second-order valence-electron chi connectivity index (χ2n) is 10.9. The van der Waals surface area contributed by atoms with Crippen LogP contribution in [0.15, 0.2) is 29.1 Å². The molecule has 3 heterocycles. The first-order valence-electron chi connectivity index (χ1n) is 14.3. The minimum absolute atomic E-state index is 0.0719. The van der Waals surface area contributed by atoms with Gasteiger partial charge in [0.15, 0.2) is 5.82 Å². The zero-order chi connectivity index (χ0) is 25.2. The molecule has 3 aromatic rings. The highest BCUT2D eigenvalue weighted by atomic mass is 16.5. The lowest BCUT2D eigenvalue weighted by molar-refractivity contribution is 0.0613. The van der Waals surface area contributed by atoms with E-state index in [1.807, 2.05) is 35.9 Å². The second-order valence-corrected chi connectivity index (χ2v) is 10.9. The molecule has 198 valence electrons. The van der Waals surface area contributed by atoms with Crippen molar-refractivity contribution in [2.45, 2.75) is 82.8 Å². The van der Waals surface area contributed by atoms with Gasteiger partial charge in [-0.2, -0.15) is 0 Å². The van der Waals surface area contributed by atoms with Gasteiger partial charge in [0, 0.05) is 48.7 Å². The van der Waals surface area contributed by atoms with Crippen LogP contribution in [0.1, 0.15) is 88.2 Å². The molecule has 0 bridgehead atoms. The minimum Gasteiger partial charge on any atom is -0.494 e. The number of aromatic amines is 1. The number of nitrogens with one attached hydrogen (secondary N) is 1. The Morgan fingerprint density at radius 3 is 2.46 bits per heavy atom. The topological polar surface area (TPSA) is 92.2 Å². The van der Waals surface area contributed by atoms with Crippen LogP contribution in [0.25, 0.3) is 10.9 Å². The van der Waals surface area contributed by atoms with Crippen molar-refractivity contribution in [3.8, 4) is 5.75 Å². The summed E-state index contributed by atoms with van der Waals surface area (Å²) in [6, 6.07) is 8.60. The summed E-state index contributed by atoms with van der Waals surface area (Å²) in [7, 11) is 0. The van der Waals surface area contributed by atoms with E-state index in [9.17, 15) is 4.79 Å². The van der Waals surface area contributed by atoms with Crippen LogP contribution in [0.2, 0.25) is 0 Å². The molecular formula is C28H39N7O2. The summed E-state index contributed by atoms with van der Waals surface area (Å²) in [5.41, 5.74) is 1.45. The zero-order valence-electron chi connectivity index (χ0n) is 21.9. The molecule has 1 saturated heterocycles. The van der Waals surface area contributed by atoms with E-state index in [1.165, 1.54) is 44.9 Å². The van der Waals surface area contributed by atoms with Gasteiger partial charge in [0.1, 0.15) is 11.8 Å². The van der Waals surface area contributed by atoms with E-state index >= 15 is 0 Å². The molecule has 1 aromatic carbocycles. The van der Waals surface area contributed by atoms with E-state index in [4.69, 9.17) is 4.74 Å². The number of nitrogens with zero attached hydrogens (tertiary/aromatic N) is 6. The molecule has 2 aliphatic carbocycles. The average molecular weight is 506 g/mol. The first kappa shape index (κ1) is 24.6. The number of H-pyrrole nitrogens is 1. The number of piperazine rings is 1. The van der Waals surface area contributed by atoms with Crippen LogP contribution in [-0.4, -0.2) is 73.8 Å². The highest BCUT2D eigenvalue weighted by Gasteiger charge is 2.36. The molecule has 2 saturated carbocycles. The van der Waals surface area contributed by atoms with Gasteiger partial charge in [0.25, 0.3) is 5.56 Å². The van der Waals surface area contributed by atoms with Crippen molar-refractivity contribution < 1.29 is 4.74 Å². The Kier molecular flexibility index (Phi) is 7.24. The van der Waals surface area contributed by atoms with Crippen molar-refractivity contribution in [2.75, 3.05) is 32.8 Å². The maximum absolute atomic E-state index is 13.6. The van der Waals surface area contributed by atoms with Crippen LogP contribution in [0.3, 0.4) is 0 Å². The number of rotatable bonds is 7. The smallest absolute Gasteiger partial charge is 0.253 e. The van der Waals surface area contributed by atoms with E-state index in [2.05, 4.69) is 30.3 Å². The lowest BCUT2D eigenvalue weighted by atomic mass is 9.93. The maximum Gasteiger partial charge on any atom is 0.253 e. The average Bonchev–Trinajstić information content (AvgIpc) is 3.63. The fraction of sp³-hybridized carbons (Fsp3) is 0.643.